The van der Waals surface area contributed by atoms with Crippen molar-refractivity contribution in [2.24, 2.45) is 0 Å². The molecular weight excluding hydrogens is 394 g/mol. The number of hydrogen-bond acceptors (Lipinski definition) is 9. The molecule has 6 nitrogen and oxygen atoms in total. The van der Waals surface area contributed by atoms with Crippen molar-refractivity contribution >= 4 is 57.2 Å². The lowest BCUT2D eigenvalue weighted by atomic mass is 10.6. The summed E-state index contributed by atoms with van der Waals surface area (Å²) in [6.45, 7) is 5.50. The van der Waals surface area contributed by atoms with Crippen molar-refractivity contribution in [3.63, 3.8) is 0 Å². The largest absolute Gasteiger partial charge is 0.615 e. The molecular formula is C12H25N3O3S5. The first-order valence-corrected chi connectivity index (χ1v) is 13.3. The predicted molar refractivity (Wildman–Crippen MR) is 106 cm³/mol. The van der Waals surface area contributed by atoms with Gasteiger partial charge in [-0.3, -0.25) is 0 Å². The number of thiol groups is 1. The lowest BCUT2D eigenvalue weighted by molar-refractivity contribution is 0.576. The average Bonchev–Trinajstić information content (AvgIpc) is 2.64. The van der Waals surface area contributed by atoms with Crippen LogP contribution < -0.4 is 16.0 Å². The summed E-state index contributed by atoms with van der Waals surface area (Å²) in [5, 5.41) is 9.63. The second-order valence-electron chi connectivity index (χ2n) is 5.15. The molecule has 11 heteroatoms. The van der Waals surface area contributed by atoms with Gasteiger partial charge in [0.1, 0.15) is 4.58 Å². The van der Waals surface area contributed by atoms with E-state index in [1.165, 1.54) is 11.8 Å². The van der Waals surface area contributed by atoms with E-state index in [1.807, 2.05) is 23.5 Å². The first-order valence-electron chi connectivity index (χ1n) is 7.68. The molecule has 3 rings (SSSR count). The summed E-state index contributed by atoms with van der Waals surface area (Å²) >= 11 is 4.54. The maximum absolute atomic E-state index is 12.1. The molecule has 136 valence electrons. The fraction of sp³-hybridized carbons (Fsp3) is 1.00. The van der Waals surface area contributed by atoms with Gasteiger partial charge in [0.25, 0.3) is 0 Å². The van der Waals surface area contributed by atoms with E-state index >= 15 is 0 Å². The van der Waals surface area contributed by atoms with Crippen LogP contribution in [0, 0.1) is 0 Å². The van der Waals surface area contributed by atoms with Crippen molar-refractivity contribution in [3.8, 4) is 0 Å². The number of hydrogen-bond donors (Lipinski definition) is 4. The van der Waals surface area contributed by atoms with E-state index in [-0.39, 0.29) is 4.58 Å². The molecule has 0 bridgehead atoms. The van der Waals surface area contributed by atoms with Gasteiger partial charge in [0.15, 0.2) is 19.9 Å². The van der Waals surface area contributed by atoms with Crippen LogP contribution in [0.5, 0.6) is 0 Å². The summed E-state index contributed by atoms with van der Waals surface area (Å²) in [6, 6.07) is 0. The van der Waals surface area contributed by atoms with E-state index < -0.39 is 21.9 Å². The van der Waals surface area contributed by atoms with Crippen molar-refractivity contribution in [3.05, 3.63) is 0 Å². The zero-order chi connectivity index (χ0) is 16.5. The van der Waals surface area contributed by atoms with Crippen molar-refractivity contribution in [2.75, 3.05) is 56.5 Å². The van der Waals surface area contributed by atoms with Crippen molar-refractivity contribution in [2.45, 2.75) is 13.7 Å². The number of nitrogens with one attached hydrogen (secondary N) is 3. The molecule has 0 aromatic heterocycles. The maximum atomic E-state index is 12.1. The highest BCUT2D eigenvalue weighted by Crippen LogP contribution is 2.29. The Bertz CT molecular complexity index is 371. The molecule has 0 spiro atoms. The van der Waals surface area contributed by atoms with Gasteiger partial charge >= 0.3 is 0 Å². The van der Waals surface area contributed by atoms with Crippen molar-refractivity contribution < 1.29 is 13.0 Å². The summed E-state index contributed by atoms with van der Waals surface area (Å²) < 4.78 is 33.2. The standard InChI is InChI=1S/C8H16N2OS3.C4H9NO2S2/c11-14(7-5-9-1-3-12-7)8-6-10-2-4-13-8;6-9(7)4-3-5-1-2-8-4/h7-10H,1-6H2;4-5,9H,1-3H2. The van der Waals surface area contributed by atoms with Gasteiger partial charge in [-0.1, -0.05) is 0 Å². The summed E-state index contributed by atoms with van der Waals surface area (Å²) in [5.41, 5.74) is 0. The number of rotatable bonds is 3. The third-order valence-corrected chi connectivity index (χ3v) is 11.3. The molecule has 3 N–H and O–H groups in total. The minimum Gasteiger partial charge on any atom is -0.615 e. The second-order valence-corrected chi connectivity index (χ2v) is 13.0. The minimum atomic E-state index is -2.22. The Kier molecular flexibility index (Phi) is 10.5. The lowest BCUT2D eigenvalue weighted by Crippen LogP contribution is -2.45. The van der Waals surface area contributed by atoms with Crippen LogP contribution in [-0.4, -0.2) is 83.2 Å². The lowest BCUT2D eigenvalue weighted by Gasteiger charge is -2.32. The SMILES string of the molecule is O=[SH](=O)C1CNCCS1.[O-][S+](C1CNCCS1)C1CNCCS1. The van der Waals surface area contributed by atoms with Gasteiger partial charge in [-0.2, -0.15) is 0 Å². The molecule has 3 aliphatic heterocycles. The molecule has 3 unspecified atom stereocenters. The smallest absolute Gasteiger partial charge is 0.174 e. The highest BCUT2D eigenvalue weighted by molar-refractivity contribution is 8.20. The van der Waals surface area contributed by atoms with E-state index in [2.05, 4.69) is 16.0 Å². The Hall–Kier alpha value is 1.19. The van der Waals surface area contributed by atoms with E-state index in [4.69, 9.17) is 0 Å². The molecule has 23 heavy (non-hydrogen) atoms. The highest BCUT2D eigenvalue weighted by Gasteiger charge is 2.34. The molecule has 0 aliphatic carbocycles. The first kappa shape index (κ1) is 20.5. The molecule has 3 heterocycles. The van der Waals surface area contributed by atoms with Crippen LogP contribution in [0.4, 0.5) is 0 Å². The van der Waals surface area contributed by atoms with Crippen LogP contribution in [0.2, 0.25) is 0 Å². The van der Waals surface area contributed by atoms with Gasteiger partial charge in [0.2, 0.25) is 0 Å². The molecule has 3 fully saturated rings. The monoisotopic (exact) mass is 419 g/mol. The van der Waals surface area contributed by atoms with Crippen LogP contribution in [0.3, 0.4) is 0 Å². The van der Waals surface area contributed by atoms with E-state index in [1.54, 1.807) is 0 Å². The summed E-state index contributed by atoms with van der Waals surface area (Å²) in [7, 11) is -2.22. The van der Waals surface area contributed by atoms with Gasteiger partial charge in [-0.15, -0.1) is 35.3 Å². The topological polar surface area (TPSA) is 93.3 Å². The first-order chi connectivity index (χ1) is 11.2. The van der Waals surface area contributed by atoms with E-state index in [0.717, 1.165) is 50.0 Å². The molecule has 0 aromatic rings. The zero-order valence-electron chi connectivity index (χ0n) is 12.9. The van der Waals surface area contributed by atoms with Crippen molar-refractivity contribution in [1.82, 2.24) is 16.0 Å². The van der Waals surface area contributed by atoms with Crippen LogP contribution >= 0.6 is 35.3 Å². The summed E-state index contributed by atoms with van der Waals surface area (Å²) in [6.07, 6.45) is 0. The molecule has 0 saturated carbocycles. The minimum absolute atomic E-state index is 0.186. The normalized spacial score (nSPS) is 33.6. The molecule has 0 radical (unpaired) electrons. The maximum Gasteiger partial charge on any atom is 0.174 e. The van der Waals surface area contributed by atoms with Gasteiger partial charge in [0, 0.05) is 43.4 Å². The Morgan fingerprint density at radius 1 is 0.826 bits per heavy atom. The third kappa shape index (κ3) is 7.53. The Labute approximate surface area is 156 Å². The Morgan fingerprint density at radius 3 is 1.61 bits per heavy atom. The van der Waals surface area contributed by atoms with Gasteiger partial charge in [-0.25, -0.2) is 8.42 Å². The van der Waals surface area contributed by atoms with Crippen LogP contribution in [0.25, 0.3) is 0 Å². The predicted octanol–water partition coefficient (Wildman–Crippen LogP) is -0.680. The quantitative estimate of drug-likeness (QED) is 0.351. The van der Waals surface area contributed by atoms with Crippen LogP contribution in [0.15, 0.2) is 0 Å². The van der Waals surface area contributed by atoms with E-state index in [9.17, 15) is 13.0 Å². The fourth-order valence-electron chi connectivity index (χ4n) is 2.24. The second kappa shape index (κ2) is 11.7. The van der Waals surface area contributed by atoms with Gasteiger partial charge in [-0.05, 0) is 11.2 Å². The van der Waals surface area contributed by atoms with E-state index in [0.29, 0.717) is 15.7 Å². The third-order valence-electron chi connectivity index (χ3n) is 3.45. The van der Waals surface area contributed by atoms with Gasteiger partial charge in [0.05, 0.1) is 13.1 Å². The Balaban J connectivity index is 0.000000185. The molecule has 0 aromatic carbocycles. The summed E-state index contributed by atoms with van der Waals surface area (Å²) in [5.74, 6) is 3.11. The van der Waals surface area contributed by atoms with Gasteiger partial charge < -0.3 is 20.5 Å². The fourth-order valence-corrected chi connectivity index (χ4v) is 9.18. The molecule has 0 amide bonds. The average molecular weight is 420 g/mol. The summed E-state index contributed by atoms with van der Waals surface area (Å²) in [4.78, 5) is 0. The molecule has 3 atom stereocenters. The Morgan fingerprint density at radius 2 is 1.30 bits per heavy atom. The van der Waals surface area contributed by atoms with Crippen LogP contribution in [-0.2, 0) is 21.9 Å². The zero-order valence-corrected chi connectivity index (χ0v) is 17.1. The van der Waals surface area contributed by atoms with Crippen LogP contribution in [0.1, 0.15) is 0 Å². The molecule has 3 saturated heterocycles. The van der Waals surface area contributed by atoms with Crippen molar-refractivity contribution in [1.29, 1.82) is 0 Å². The highest BCUT2D eigenvalue weighted by atomic mass is 32.3. The number of thioether (sulfide) groups is 3. The molecule has 3 aliphatic rings.